The van der Waals surface area contributed by atoms with E-state index >= 15 is 0 Å². The summed E-state index contributed by atoms with van der Waals surface area (Å²) in [6, 6.07) is 11.7. The van der Waals surface area contributed by atoms with E-state index in [1.165, 1.54) is 17.8 Å². The van der Waals surface area contributed by atoms with Gasteiger partial charge in [-0.25, -0.2) is 4.98 Å². The Hall–Kier alpha value is -2.07. The Morgan fingerprint density at radius 2 is 2.10 bits per heavy atom. The first kappa shape index (κ1) is 15.3. The van der Waals surface area contributed by atoms with Gasteiger partial charge in [-0.1, -0.05) is 41.9 Å². The van der Waals surface area contributed by atoms with Crippen LogP contribution in [0.5, 0.6) is 0 Å². The quantitative estimate of drug-likeness (QED) is 0.834. The van der Waals surface area contributed by atoms with Gasteiger partial charge in [-0.15, -0.1) is 0 Å². The number of amides is 1. The van der Waals surface area contributed by atoms with Gasteiger partial charge in [-0.05, 0) is 31.4 Å². The number of nitrogen functional groups attached to an aromatic ring is 1. The van der Waals surface area contributed by atoms with E-state index in [1.54, 1.807) is 0 Å². The van der Waals surface area contributed by atoms with Crippen molar-refractivity contribution in [3.63, 3.8) is 0 Å². The summed E-state index contributed by atoms with van der Waals surface area (Å²) in [5.74, 6) is -0.250. The Labute approximate surface area is 129 Å². The number of hydrogen-bond donors (Lipinski definition) is 2. The Bertz CT molecular complexity index is 616. The minimum absolute atomic E-state index is 0.0372. The van der Waals surface area contributed by atoms with Crippen LogP contribution in [0.4, 0.5) is 5.69 Å². The summed E-state index contributed by atoms with van der Waals surface area (Å²) in [4.78, 5) is 16.0. The summed E-state index contributed by atoms with van der Waals surface area (Å²) in [7, 11) is 0. The minimum Gasteiger partial charge on any atom is -0.397 e. The van der Waals surface area contributed by atoms with E-state index < -0.39 is 0 Å². The van der Waals surface area contributed by atoms with E-state index in [0.29, 0.717) is 11.3 Å². The number of halogens is 1. The van der Waals surface area contributed by atoms with Gasteiger partial charge in [-0.3, -0.25) is 4.79 Å². The van der Waals surface area contributed by atoms with Crippen LogP contribution >= 0.6 is 11.6 Å². The Kier molecular flexibility index (Phi) is 5.17. The van der Waals surface area contributed by atoms with E-state index in [1.807, 2.05) is 25.1 Å². The number of nitrogens with two attached hydrogens (primary N) is 1. The summed E-state index contributed by atoms with van der Waals surface area (Å²) in [5.41, 5.74) is 7.61. The average molecular weight is 304 g/mol. The molecule has 0 aliphatic carbocycles. The molecule has 1 aromatic heterocycles. The second-order valence-electron chi connectivity index (χ2n) is 5.01. The fourth-order valence-corrected chi connectivity index (χ4v) is 2.21. The van der Waals surface area contributed by atoms with Crippen molar-refractivity contribution in [1.82, 2.24) is 10.3 Å². The molecule has 0 saturated carbocycles. The van der Waals surface area contributed by atoms with Gasteiger partial charge in [-0.2, -0.15) is 0 Å². The summed E-state index contributed by atoms with van der Waals surface area (Å²) < 4.78 is 0. The molecular formula is C16H18ClN3O. The second kappa shape index (κ2) is 7.09. The van der Waals surface area contributed by atoms with Crippen LogP contribution in [-0.4, -0.2) is 16.9 Å². The molecule has 0 saturated heterocycles. The van der Waals surface area contributed by atoms with Crippen LogP contribution in [0.15, 0.2) is 42.6 Å². The summed E-state index contributed by atoms with van der Waals surface area (Å²) in [6.45, 7) is 1.97. The summed E-state index contributed by atoms with van der Waals surface area (Å²) in [5, 5.41) is 3.08. The normalized spacial score (nSPS) is 11.9. The topological polar surface area (TPSA) is 68.0 Å². The van der Waals surface area contributed by atoms with Crippen molar-refractivity contribution in [1.29, 1.82) is 0 Å². The smallest absolute Gasteiger partial charge is 0.254 e. The van der Waals surface area contributed by atoms with E-state index in [-0.39, 0.29) is 17.1 Å². The lowest BCUT2D eigenvalue weighted by atomic mass is 10.1. The number of anilines is 1. The van der Waals surface area contributed by atoms with Crippen molar-refractivity contribution in [3.8, 4) is 0 Å². The highest BCUT2D eigenvalue weighted by Crippen LogP contribution is 2.16. The first-order valence-corrected chi connectivity index (χ1v) is 7.20. The molecule has 110 valence electrons. The minimum atomic E-state index is -0.250. The third kappa shape index (κ3) is 4.46. The molecule has 21 heavy (non-hydrogen) atoms. The first-order chi connectivity index (χ1) is 10.1. The van der Waals surface area contributed by atoms with Crippen LogP contribution in [0.25, 0.3) is 0 Å². The van der Waals surface area contributed by atoms with Gasteiger partial charge in [0, 0.05) is 6.04 Å². The van der Waals surface area contributed by atoms with Crippen LogP contribution < -0.4 is 11.1 Å². The Morgan fingerprint density at radius 1 is 1.38 bits per heavy atom. The monoisotopic (exact) mass is 303 g/mol. The number of benzene rings is 1. The Balaban J connectivity index is 1.91. The molecule has 0 aliphatic rings. The van der Waals surface area contributed by atoms with Crippen molar-refractivity contribution < 1.29 is 4.79 Å². The number of aromatic nitrogens is 1. The number of carbonyl (C=O) groups excluding carboxylic acids is 1. The van der Waals surface area contributed by atoms with E-state index in [0.717, 1.165) is 12.8 Å². The van der Waals surface area contributed by atoms with Crippen molar-refractivity contribution in [2.75, 3.05) is 5.73 Å². The third-order valence-corrected chi connectivity index (χ3v) is 3.49. The average Bonchev–Trinajstić information content (AvgIpc) is 2.48. The fraction of sp³-hybridized carbons (Fsp3) is 0.250. The molecule has 1 heterocycles. The molecule has 0 spiro atoms. The van der Waals surface area contributed by atoms with Gasteiger partial charge in [0.1, 0.15) is 5.15 Å². The SMILES string of the molecule is CC(CCc1ccccc1)NC(=O)c1cc(N)cnc1Cl. The second-order valence-corrected chi connectivity index (χ2v) is 5.36. The van der Waals surface area contributed by atoms with Crippen LogP contribution in [0.3, 0.4) is 0 Å². The summed E-state index contributed by atoms with van der Waals surface area (Å²) in [6.07, 6.45) is 3.19. The molecule has 0 fully saturated rings. The van der Waals surface area contributed by atoms with Crippen LogP contribution in [-0.2, 0) is 6.42 Å². The zero-order chi connectivity index (χ0) is 15.2. The molecular weight excluding hydrogens is 286 g/mol. The van der Waals surface area contributed by atoms with Gasteiger partial charge < -0.3 is 11.1 Å². The molecule has 0 radical (unpaired) electrons. The predicted octanol–water partition coefficient (Wildman–Crippen LogP) is 3.07. The molecule has 1 atom stereocenters. The molecule has 1 unspecified atom stereocenters. The molecule has 2 aromatic rings. The van der Waals surface area contributed by atoms with Crippen molar-refractivity contribution in [2.45, 2.75) is 25.8 Å². The molecule has 5 heteroatoms. The highest BCUT2D eigenvalue weighted by atomic mass is 35.5. The molecule has 1 amide bonds. The van der Waals surface area contributed by atoms with Gasteiger partial charge in [0.25, 0.3) is 5.91 Å². The van der Waals surface area contributed by atoms with Gasteiger partial charge >= 0.3 is 0 Å². The van der Waals surface area contributed by atoms with E-state index in [4.69, 9.17) is 17.3 Å². The number of nitrogens with one attached hydrogen (secondary N) is 1. The van der Waals surface area contributed by atoms with Crippen molar-refractivity contribution >= 4 is 23.2 Å². The Morgan fingerprint density at radius 3 is 2.81 bits per heavy atom. The lowest BCUT2D eigenvalue weighted by Gasteiger charge is -2.14. The predicted molar refractivity (Wildman–Crippen MR) is 85.4 cm³/mol. The van der Waals surface area contributed by atoms with Crippen LogP contribution in [0.1, 0.15) is 29.3 Å². The largest absolute Gasteiger partial charge is 0.397 e. The molecule has 0 bridgehead atoms. The maximum absolute atomic E-state index is 12.1. The van der Waals surface area contributed by atoms with E-state index in [9.17, 15) is 4.79 Å². The number of aryl methyl sites for hydroxylation is 1. The summed E-state index contributed by atoms with van der Waals surface area (Å²) >= 11 is 5.92. The van der Waals surface area contributed by atoms with Crippen LogP contribution in [0.2, 0.25) is 5.15 Å². The third-order valence-electron chi connectivity index (χ3n) is 3.19. The maximum Gasteiger partial charge on any atom is 0.254 e. The van der Waals surface area contributed by atoms with Gasteiger partial charge in [0.15, 0.2) is 0 Å². The maximum atomic E-state index is 12.1. The molecule has 2 rings (SSSR count). The number of pyridine rings is 1. The lowest BCUT2D eigenvalue weighted by molar-refractivity contribution is 0.0938. The van der Waals surface area contributed by atoms with Crippen LogP contribution in [0, 0.1) is 0 Å². The fourth-order valence-electron chi connectivity index (χ4n) is 2.03. The highest BCUT2D eigenvalue weighted by Gasteiger charge is 2.14. The number of carbonyl (C=O) groups is 1. The van der Waals surface area contributed by atoms with Gasteiger partial charge in [0.2, 0.25) is 0 Å². The zero-order valence-electron chi connectivity index (χ0n) is 11.8. The standard InChI is InChI=1S/C16H18ClN3O/c1-11(7-8-12-5-3-2-4-6-12)20-16(21)14-9-13(18)10-19-15(14)17/h2-6,9-11H,7-8,18H2,1H3,(H,20,21). The molecule has 3 N–H and O–H groups in total. The first-order valence-electron chi connectivity index (χ1n) is 6.82. The molecule has 1 aromatic carbocycles. The number of nitrogens with zero attached hydrogens (tertiary/aromatic N) is 1. The van der Waals surface area contributed by atoms with E-state index in [2.05, 4.69) is 22.4 Å². The van der Waals surface area contributed by atoms with Crippen molar-refractivity contribution in [2.24, 2.45) is 0 Å². The van der Waals surface area contributed by atoms with Crippen molar-refractivity contribution in [3.05, 3.63) is 58.9 Å². The lowest BCUT2D eigenvalue weighted by Crippen LogP contribution is -2.33. The highest BCUT2D eigenvalue weighted by molar-refractivity contribution is 6.32. The number of rotatable bonds is 5. The molecule has 0 aliphatic heterocycles. The molecule has 4 nitrogen and oxygen atoms in total. The zero-order valence-corrected chi connectivity index (χ0v) is 12.6. The number of hydrogen-bond acceptors (Lipinski definition) is 3. The van der Waals surface area contributed by atoms with Gasteiger partial charge in [0.05, 0.1) is 17.4 Å².